The van der Waals surface area contributed by atoms with Crippen molar-refractivity contribution in [2.24, 2.45) is 0 Å². The highest BCUT2D eigenvalue weighted by atomic mass is 32.2. The summed E-state index contributed by atoms with van der Waals surface area (Å²) < 4.78 is 145. The molecule has 53 heavy (non-hydrogen) atoms. The van der Waals surface area contributed by atoms with E-state index in [1.165, 1.54) is 48.1 Å². The number of likely N-dealkylation sites (tertiary alicyclic amines) is 1. The molecule has 6 rings (SSSR count). The largest absolute Gasteiger partial charge is 0.416 e. The smallest absolute Gasteiger partial charge is 0.383 e. The predicted octanol–water partition coefficient (Wildman–Crippen LogP) is 8.71. The Hall–Kier alpha value is -4.52. The number of halogens is 5. The third-order valence-corrected chi connectivity index (χ3v) is 9.86. The van der Waals surface area contributed by atoms with Gasteiger partial charge in [0.15, 0.2) is 17.1 Å². The normalized spacial score (nSPS) is 16.9. The average molecular weight is 758 g/mol. The van der Waals surface area contributed by atoms with Crippen molar-refractivity contribution in [1.82, 2.24) is 14.4 Å². The molecule has 0 aliphatic carbocycles. The number of aromatic nitrogens is 1. The van der Waals surface area contributed by atoms with E-state index < -0.39 is 99.6 Å². The number of amides is 1. The number of fused-ring (bicyclic) bond motifs is 1. The predicted molar refractivity (Wildman–Crippen MR) is 198 cm³/mol. The maximum absolute atomic E-state index is 15.1. The van der Waals surface area contributed by atoms with Crippen molar-refractivity contribution >= 4 is 28.6 Å². The topological polar surface area (TPSA) is 54.8 Å². The Bertz CT molecular complexity index is 2520. The highest BCUT2D eigenvalue weighted by Crippen LogP contribution is 2.32. The molecule has 6 nitrogen and oxygen atoms in total. The lowest BCUT2D eigenvalue weighted by Crippen LogP contribution is -2.48. The van der Waals surface area contributed by atoms with E-state index in [4.69, 9.17) is 13.0 Å². The van der Waals surface area contributed by atoms with Gasteiger partial charge in [-0.15, -0.1) is 11.8 Å². The maximum Gasteiger partial charge on any atom is 0.416 e. The number of nitrogens with zero attached hydrogens (tertiary/aromatic N) is 3. The molecule has 4 aromatic carbocycles. The lowest BCUT2D eigenvalue weighted by Gasteiger charge is -2.39. The minimum absolute atomic E-state index is 0.124. The molecule has 2 heterocycles. The second-order valence-electron chi connectivity index (χ2n) is 12.4. The zero-order chi connectivity index (χ0) is 44.8. The van der Waals surface area contributed by atoms with Gasteiger partial charge in [0.25, 0.3) is 0 Å². The molecular formula is C41H40F5N3O3S. The molecule has 278 valence electrons. The lowest BCUT2D eigenvalue weighted by molar-refractivity contribution is -0.137. The molecule has 0 unspecified atom stereocenters. The van der Waals surface area contributed by atoms with E-state index >= 15 is 4.79 Å². The van der Waals surface area contributed by atoms with E-state index in [1.54, 1.807) is 24.3 Å². The molecule has 0 radical (unpaired) electrons. The van der Waals surface area contributed by atoms with E-state index in [0.29, 0.717) is 33.0 Å². The van der Waals surface area contributed by atoms with Crippen LogP contribution in [0.25, 0.3) is 22.0 Å². The summed E-state index contributed by atoms with van der Waals surface area (Å²) in [5.74, 6) is -4.06. The second kappa shape index (κ2) is 16.7. The Morgan fingerprint density at radius 1 is 1.00 bits per heavy atom. The first-order valence-electron chi connectivity index (χ1n) is 20.6. The summed E-state index contributed by atoms with van der Waals surface area (Å²) in [4.78, 5) is 31.7. The number of pyridine rings is 1. The molecule has 1 fully saturated rings. The SMILES string of the molecule is [2H]c1c(C)c([2H])c2c(c1[2H])c(=O)c([2H])c(SCc1cccc(F)c1F)n2C([2H])([2H])C(=O)N(Cc1ccc(-c2ccc(C(F)(F)F)cc2)cc1)C1CCN(C([2H])([2H])COC)CC1. The number of thioether (sulfide) groups is 1. The van der Waals surface area contributed by atoms with Crippen molar-refractivity contribution in [3.8, 4) is 11.1 Å². The molecule has 1 saturated heterocycles. The van der Waals surface area contributed by atoms with Crippen LogP contribution in [0.1, 0.15) is 46.1 Å². The summed E-state index contributed by atoms with van der Waals surface area (Å²) in [6.07, 6.45) is -4.21. The van der Waals surface area contributed by atoms with Crippen LogP contribution in [0.3, 0.4) is 0 Å². The number of carbonyl (C=O) groups excluding carboxylic acids is 1. The standard InChI is InChI=1S/C41H40F5N3O3S/c1-27-6-15-34-36(22-27)49(39(23-37(34)50)53-26-31-4-3-5-35(42)40(31)43)25-38(51)48(33-16-18-47(19-17-33)20-21-52-2)24-28-7-9-29(10-8-28)30-11-13-32(14-12-30)41(44,45)46/h3-15,22-23,33H,16-21,24-26H2,1-2H3/i6D,15D,20D2,22D,23D,25D2. The van der Waals surface area contributed by atoms with Crippen molar-refractivity contribution in [2.75, 3.05) is 33.3 Å². The van der Waals surface area contributed by atoms with Crippen molar-refractivity contribution in [3.63, 3.8) is 0 Å². The van der Waals surface area contributed by atoms with E-state index in [1.807, 2.05) is 0 Å². The van der Waals surface area contributed by atoms with Crippen LogP contribution in [0, 0.1) is 18.6 Å². The van der Waals surface area contributed by atoms with Gasteiger partial charge in [-0.3, -0.25) is 9.59 Å². The fraction of sp³-hybridized carbons (Fsp3) is 0.317. The number of hydrogen-bond donors (Lipinski definition) is 0. The van der Waals surface area contributed by atoms with Gasteiger partial charge in [-0.2, -0.15) is 13.2 Å². The molecule has 1 amide bonds. The Kier molecular flexibility index (Phi) is 9.09. The van der Waals surface area contributed by atoms with Crippen LogP contribution in [0.15, 0.2) is 101 Å². The van der Waals surface area contributed by atoms with E-state index in [2.05, 4.69) is 0 Å². The molecule has 1 aromatic heterocycles. The first-order valence-corrected chi connectivity index (χ1v) is 17.6. The van der Waals surface area contributed by atoms with Gasteiger partial charge in [-0.05, 0) is 72.3 Å². The first kappa shape index (κ1) is 28.9. The fourth-order valence-electron chi connectivity index (χ4n) is 6.02. The van der Waals surface area contributed by atoms with Crippen LogP contribution in [0.5, 0.6) is 0 Å². The van der Waals surface area contributed by atoms with Gasteiger partial charge in [0.05, 0.1) is 30.9 Å². The number of benzene rings is 4. The van der Waals surface area contributed by atoms with Crippen molar-refractivity contribution in [1.29, 1.82) is 0 Å². The molecule has 0 spiro atoms. The minimum atomic E-state index is -4.52. The molecule has 0 atom stereocenters. The Morgan fingerprint density at radius 2 is 1.68 bits per heavy atom. The van der Waals surface area contributed by atoms with Crippen LogP contribution in [0.2, 0.25) is 0 Å². The van der Waals surface area contributed by atoms with Crippen molar-refractivity contribution in [3.05, 3.63) is 135 Å². The third-order valence-electron chi connectivity index (χ3n) is 8.85. The number of hydrogen-bond acceptors (Lipinski definition) is 5. The second-order valence-corrected chi connectivity index (χ2v) is 13.4. The van der Waals surface area contributed by atoms with Gasteiger partial charge in [0.1, 0.15) is 6.50 Å². The van der Waals surface area contributed by atoms with E-state index in [9.17, 15) is 29.5 Å². The molecule has 5 aromatic rings. The molecule has 1 aliphatic rings. The number of methoxy groups -OCH3 is 1. The number of rotatable bonds is 12. The van der Waals surface area contributed by atoms with E-state index in [-0.39, 0.29) is 50.2 Å². The summed E-state index contributed by atoms with van der Waals surface area (Å²) in [5.41, 5.74) is -1.33. The molecular weight excluding hydrogens is 710 g/mol. The number of ether oxygens (including phenoxy) is 1. The number of carbonyl (C=O) groups is 1. The van der Waals surface area contributed by atoms with Gasteiger partial charge in [0, 0.05) is 64.8 Å². The summed E-state index contributed by atoms with van der Waals surface area (Å²) in [5, 5.41) is -1.17. The van der Waals surface area contributed by atoms with Crippen molar-refractivity contribution in [2.45, 2.75) is 55.8 Å². The molecule has 0 bridgehead atoms. The number of alkyl halides is 3. The zero-order valence-electron chi connectivity index (χ0n) is 36.7. The fourth-order valence-corrected chi connectivity index (χ4v) is 6.96. The average Bonchev–Trinajstić information content (AvgIpc) is 3.22. The summed E-state index contributed by atoms with van der Waals surface area (Å²) in [7, 11) is 1.36. The van der Waals surface area contributed by atoms with E-state index in [0.717, 1.165) is 18.2 Å². The van der Waals surface area contributed by atoms with Gasteiger partial charge >= 0.3 is 6.18 Å². The van der Waals surface area contributed by atoms with Crippen molar-refractivity contribution < 1.29 is 42.4 Å². The molecule has 1 aliphatic heterocycles. The molecule has 0 N–H and O–H groups in total. The van der Waals surface area contributed by atoms with Gasteiger partial charge in [0.2, 0.25) is 5.91 Å². The Labute approximate surface area is 320 Å². The minimum Gasteiger partial charge on any atom is -0.383 e. The van der Waals surface area contributed by atoms with Gasteiger partial charge < -0.3 is 19.1 Å². The first-order chi connectivity index (χ1) is 28.6. The number of piperidine rings is 1. The highest BCUT2D eigenvalue weighted by molar-refractivity contribution is 7.98. The summed E-state index contributed by atoms with van der Waals surface area (Å²) in [6.45, 7) is -4.03. The summed E-state index contributed by atoms with van der Waals surface area (Å²) in [6, 6.07) is 11.0. The lowest BCUT2D eigenvalue weighted by atomic mass is 10.00. The van der Waals surface area contributed by atoms with Crippen LogP contribution >= 0.6 is 11.8 Å². The molecule has 0 saturated carbocycles. The van der Waals surface area contributed by atoms with Crippen LogP contribution < -0.4 is 5.43 Å². The molecule has 12 heteroatoms. The Balaban J connectivity index is 1.47. The van der Waals surface area contributed by atoms with Gasteiger partial charge in [-0.1, -0.05) is 54.6 Å². The van der Waals surface area contributed by atoms with Gasteiger partial charge in [-0.25, -0.2) is 8.78 Å². The van der Waals surface area contributed by atoms with Crippen LogP contribution in [-0.2, 0) is 34.5 Å². The highest BCUT2D eigenvalue weighted by Gasteiger charge is 2.31. The monoisotopic (exact) mass is 757 g/mol. The quantitative estimate of drug-likeness (QED) is 0.0942. The van der Waals surface area contributed by atoms with Crippen LogP contribution in [0.4, 0.5) is 22.0 Å². The summed E-state index contributed by atoms with van der Waals surface area (Å²) >= 11 is 0.552. The third kappa shape index (κ3) is 9.17. The van der Waals surface area contributed by atoms with Crippen LogP contribution in [-0.4, -0.2) is 59.6 Å². The Morgan fingerprint density at radius 3 is 2.34 bits per heavy atom. The maximum atomic E-state index is 15.1. The zero-order valence-corrected chi connectivity index (χ0v) is 29.6.